The van der Waals surface area contributed by atoms with Crippen LogP contribution in [-0.2, 0) is 5.60 Å². The molecular formula is C12H11F3N2O. The third kappa shape index (κ3) is 1.93. The highest BCUT2D eigenvalue weighted by atomic mass is 19.4. The zero-order chi connectivity index (χ0) is 13.4. The molecule has 0 spiro atoms. The molecule has 3 nitrogen and oxygen atoms in total. The van der Waals surface area contributed by atoms with Gasteiger partial charge in [0.2, 0.25) is 0 Å². The minimum absolute atomic E-state index is 0.351. The van der Waals surface area contributed by atoms with Crippen molar-refractivity contribution >= 4 is 10.9 Å². The van der Waals surface area contributed by atoms with E-state index in [1.807, 2.05) is 0 Å². The second kappa shape index (κ2) is 4.22. The third-order valence-corrected chi connectivity index (χ3v) is 2.83. The van der Waals surface area contributed by atoms with Crippen LogP contribution in [0.25, 0.3) is 10.9 Å². The second-order valence-corrected chi connectivity index (χ2v) is 3.98. The van der Waals surface area contributed by atoms with Crippen LogP contribution in [-0.4, -0.2) is 22.8 Å². The van der Waals surface area contributed by atoms with Gasteiger partial charge >= 0.3 is 6.18 Å². The molecule has 0 bridgehead atoms. The lowest BCUT2D eigenvalue weighted by Crippen LogP contribution is -2.48. The van der Waals surface area contributed by atoms with Gasteiger partial charge in [-0.05, 0) is 12.1 Å². The van der Waals surface area contributed by atoms with Gasteiger partial charge in [-0.2, -0.15) is 13.2 Å². The van der Waals surface area contributed by atoms with Crippen molar-refractivity contribution in [1.82, 2.24) is 4.98 Å². The number of benzene rings is 1. The summed E-state index contributed by atoms with van der Waals surface area (Å²) in [5, 5.41) is 10.2. The summed E-state index contributed by atoms with van der Waals surface area (Å²) < 4.78 is 38.5. The molecule has 0 aliphatic rings. The largest absolute Gasteiger partial charge is 0.422 e. The number of rotatable bonds is 2. The molecule has 0 saturated heterocycles. The Morgan fingerprint density at radius 3 is 2.50 bits per heavy atom. The van der Waals surface area contributed by atoms with Gasteiger partial charge < -0.3 is 10.8 Å². The van der Waals surface area contributed by atoms with Crippen LogP contribution in [0, 0.1) is 0 Å². The Balaban J connectivity index is 2.59. The van der Waals surface area contributed by atoms with Crippen LogP contribution in [0.5, 0.6) is 0 Å². The minimum Gasteiger partial charge on any atom is -0.375 e. The molecule has 2 aromatic rings. The second-order valence-electron chi connectivity index (χ2n) is 3.98. The fraction of sp³-hybridized carbons (Fsp3) is 0.250. The molecule has 1 atom stereocenters. The molecule has 18 heavy (non-hydrogen) atoms. The average molecular weight is 256 g/mol. The Hall–Kier alpha value is -1.66. The zero-order valence-electron chi connectivity index (χ0n) is 9.28. The Labute approximate surface area is 101 Å². The summed E-state index contributed by atoms with van der Waals surface area (Å²) in [6.45, 7) is -0.948. The van der Waals surface area contributed by atoms with Gasteiger partial charge in [-0.1, -0.05) is 18.2 Å². The van der Waals surface area contributed by atoms with Gasteiger partial charge in [-0.15, -0.1) is 0 Å². The molecule has 0 amide bonds. The number of para-hydroxylation sites is 1. The number of hydrogen-bond acceptors (Lipinski definition) is 3. The molecule has 1 aromatic carbocycles. The Kier molecular flexibility index (Phi) is 3.00. The zero-order valence-corrected chi connectivity index (χ0v) is 9.28. The lowest BCUT2D eigenvalue weighted by Gasteiger charge is -2.29. The summed E-state index contributed by atoms with van der Waals surface area (Å²) >= 11 is 0. The molecular weight excluding hydrogens is 245 g/mol. The number of fused-ring (bicyclic) bond motifs is 1. The van der Waals surface area contributed by atoms with Crippen LogP contribution >= 0.6 is 0 Å². The van der Waals surface area contributed by atoms with Crippen LogP contribution in [0.2, 0.25) is 0 Å². The fourth-order valence-corrected chi connectivity index (χ4v) is 1.69. The molecule has 1 heterocycles. The van der Waals surface area contributed by atoms with E-state index in [1.165, 1.54) is 6.07 Å². The van der Waals surface area contributed by atoms with Gasteiger partial charge in [0.15, 0.2) is 5.60 Å². The molecule has 2 rings (SSSR count). The minimum atomic E-state index is -4.84. The maximum Gasteiger partial charge on any atom is 0.422 e. The smallest absolute Gasteiger partial charge is 0.375 e. The first-order valence-electron chi connectivity index (χ1n) is 5.23. The van der Waals surface area contributed by atoms with Crippen LogP contribution in [0.4, 0.5) is 13.2 Å². The van der Waals surface area contributed by atoms with Crippen molar-refractivity contribution in [3.8, 4) is 0 Å². The van der Waals surface area contributed by atoms with Crippen molar-refractivity contribution in [2.45, 2.75) is 11.8 Å². The van der Waals surface area contributed by atoms with Crippen LogP contribution in [0.1, 0.15) is 5.56 Å². The molecule has 1 aromatic heterocycles. The average Bonchev–Trinajstić information content (AvgIpc) is 2.35. The highest BCUT2D eigenvalue weighted by Gasteiger charge is 2.54. The quantitative estimate of drug-likeness (QED) is 0.863. The maximum absolute atomic E-state index is 12.8. The highest BCUT2D eigenvalue weighted by molar-refractivity contribution is 5.79. The summed E-state index contributed by atoms with van der Waals surface area (Å²) in [6, 6.07) is 7.97. The van der Waals surface area contributed by atoms with E-state index in [0.29, 0.717) is 10.9 Å². The SMILES string of the molecule is NCC(O)(c1cnc2ccccc2c1)C(F)(F)F. The molecule has 3 N–H and O–H groups in total. The first-order chi connectivity index (χ1) is 8.38. The summed E-state index contributed by atoms with van der Waals surface area (Å²) in [4.78, 5) is 3.89. The fourth-order valence-electron chi connectivity index (χ4n) is 1.69. The number of hydrogen-bond donors (Lipinski definition) is 2. The molecule has 0 aliphatic carbocycles. The van der Waals surface area contributed by atoms with E-state index in [1.54, 1.807) is 24.3 Å². The highest BCUT2D eigenvalue weighted by Crippen LogP contribution is 2.38. The van der Waals surface area contributed by atoms with Crippen molar-refractivity contribution in [2.24, 2.45) is 5.73 Å². The van der Waals surface area contributed by atoms with Crippen molar-refractivity contribution < 1.29 is 18.3 Å². The lowest BCUT2D eigenvalue weighted by molar-refractivity contribution is -0.262. The van der Waals surface area contributed by atoms with Crippen LogP contribution < -0.4 is 5.73 Å². The predicted octanol–water partition coefficient (Wildman–Crippen LogP) is 1.94. The van der Waals surface area contributed by atoms with Crippen molar-refractivity contribution in [3.63, 3.8) is 0 Å². The third-order valence-electron chi connectivity index (χ3n) is 2.83. The number of aromatic nitrogens is 1. The molecule has 0 saturated carbocycles. The van der Waals surface area contributed by atoms with Crippen molar-refractivity contribution in [2.75, 3.05) is 6.54 Å². The first-order valence-corrected chi connectivity index (χ1v) is 5.23. The van der Waals surface area contributed by atoms with Gasteiger partial charge in [0.1, 0.15) is 0 Å². The first kappa shape index (κ1) is 12.8. The van der Waals surface area contributed by atoms with Gasteiger partial charge in [0, 0.05) is 23.7 Å². The van der Waals surface area contributed by atoms with E-state index in [2.05, 4.69) is 4.98 Å². The Morgan fingerprint density at radius 2 is 1.89 bits per heavy atom. The predicted molar refractivity (Wildman–Crippen MR) is 60.7 cm³/mol. The number of nitrogens with two attached hydrogens (primary N) is 1. The monoisotopic (exact) mass is 256 g/mol. The van der Waals surface area contributed by atoms with E-state index in [0.717, 1.165) is 6.20 Å². The standard InChI is InChI=1S/C12H11F3N2O/c13-12(14,15)11(18,7-16)9-5-8-3-1-2-4-10(8)17-6-9/h1-6,18H,7,16H2. The van der Waals surface area contributed by atoms with Crippen molar-refractivity contribution in [1.29, 1.82) is 0 Å². The molecule has 96 valence electrons. The van der Waals surface area contributed by atoms with Gasteiger partial charge in [-0.3, -0.25) is 4.98 Å². The number of alkyl halides is 3. The molecule has 0 radical (unpaired) electrons. The van der Waals surface area contributed by atoms with E-state index < -0.39 is 18.3 Å². The number of pyridine rings is 1. The Morgan fingerprint density at radius 1 is 1.22 bits per heavy atom. The van der Waals surface area contributed by atoms with E-state index in [4.69, 9.17) is 5.73 Å². The lowest BCUT2D eigenvalue weighted by atomic mass is 9.93. The van der Waals surface area contributed by atoms with Gasteiger partial charge in [0.05, 0.1) is 5.52 Å². The van der Waals surface area contributed by atoms with Crippen LogP contribution in [0.15, 0.2) is 36.5 Å². The molecule has 1 unspecified atom stereocenters. The molecule has 0 aliphatic heterocycles. The molecule has 0 fully saturated rings. The van der Waals surface area contributed by atoms with E-state index in [-0.39, 0.29) is 5.56 Å². The number of halogens is 3. The Bertz CT molecular complexity index is 570. The van der Waals surface area contributed by atoms with Gasteiger partial charge in [0.25, 0.3) is 0 Å². The summed E-state index contributed by atoms with van der Waals surface area (Å²) in [7, 11) is 0. The summed E-state index contributed by atoms with van der Waals surface area (Å²) in [5.74, 6) is 0. The van der Waals surface area contributed by atoms with Crippen molar-refractivity contribution in [3.05, 3.63) is 42.1 Å². The number of aliphatic hydroxyl groups is 1. The topological polar surface area (TPSA) is 59.1 Å². The van der Waals surface area contributed by atoms with Gasteiger partial charge in [-0.25, -0.2) is 0 Å². The summed E-state index contributed by atoms with van der Waals surface area (Å²) in [6.07, 6.45) is -3.84. The van der Waals surface area contributed by atoms with E-state index >= 15 is 0 Å². The molecule has 6 heteroatoms. The summed E-state index contributed by atoms with van der Waals surface area (Å²) in [5.41, 5.74) is 2.21. The van der Waals surface area contributed by atoms with E-state index in [9.17, 15) is 18.3 Å². The normalized spacial score (nSPS) is 15.6. The number of nitrogens with zero attached hydrogens (tertiary/aromatic N) is 1. The maximum atomic E-state index is 12.8. The van der Waals surface area contributed by atoms with Crippen LogP contribution in [0.3, 0.4) is 0 Å².